The fourth-order valence-corrected chi connectivity index (χ4v) is 2.35. The van der Waals surface area contributed by atoms with Crippen LogP contribution in [0, 0.1) is 18.6 Å². The number of aryl methyl sites for hydroxylation is 1. The highest BCUT2D eigenvalue weighted by Gasteiger charge is 2.07. The molecule has 1 aromatic heterocycles. The lowest BCUT2D eigenvalue weighted by Crippen LogP contribution is -2.01. The fraction of sp³-hybridized carbons (Fsp3) is 0.125. The third-order valence-corrected chi connectivity index (χ3v) is 3.39. The quantitative estimate of drug-likeness (QED) is 0.646. The molecule has 0 amide bonds. The Hall–Kier alpha value is -2.16. The Morgan fingerprint density at radius 3 is 2.68 bits per heavy atom. The van der Waals surface area contributed by atoms with Crippen molar-refractivity contribution in [1.82, 2.24) is 4.57 Å². The number of hydrogen-bond donors (Lipinski definition) is 0. The molecule has 0 spiro atoms. The lowest BCUT2D eigenvalue weighted by Gasteiger charge is -2.07. The summed E-state index contributed by atoms with van der Waals surface area (Å²) in [5, 5.41) is 1.16. The van der Waals surface area contributed by atoms with E-state index in [0.29, 0.717) is 12.1 Å². The van der Waals surface area contributed by atoms with Crippen molar-refractivity contribution in [2.45, 2.75) is 13.5 Å². The molecule has 96 valence electrons. The molecular weight excluding hydrogens is 244 g/mol. The smallest absolute Gasteiger partial charge is 0.131 e. The summed E-state index contributed by atoms with van der Waals surface area (Å²) in [5.74, 6) is -1.05. The van der Waals surface area contributed by atoms with E-state index in [1.165, 1.54) is 17.7 Å². The Kier molecular flexibility index (Phi) is 2.82. The second-order valence-electron chi connectivity index (χ2n) is 4.69. The van der Waals surface area contributed by atoms with Gasteiger partial charge in [-0.2, -0.15) is 0 Å². The molecule has 0 saturated heterocycles. The van der Waals surface area contributed by atoms with E-state index < -0.39 is 11.6 Å². The third-order valence-electron chi connectivity index (χ3n) is 3.39. The van der Waals surface area contributed by atoms with Gasteiger partial charge in [-0.05, 0) is 30.7 Å². The molecule has 0 N–H and O–H groups in total. The summed E-state index contributed by atoms with van der Waals surface area (Å²) >= 11 is 0. The normalized spacial score (nSPS) is 11.1. The van der Waals surface area contributed by atoms with Gasteiger partial charge in [0.25, 0.3) is 0 Å². The zero-order chi connectivity index (χ0) is 13.4. The van der Waals surface area contributed by atoms with Crippen LogP contribution >= 0.6 is 0 Å². The minimum atomic E-state index is -0.547. The molecule has 0 radical (unpaired) electrons. The lowest BCUT2D eigenvalue weighted by atomic mass is 10.1. The number of hydrogen-bond acceptors (Lipinski definition) is 0. The van der Waals surface area contributed by atoms with Crippen molar-refractivity contribution in [1.29, 1.82) is 0 Å². The zero-order valence-corrected chi connectivity index (χ0v) is 10.5. The molecule has 0 bridgehead atoms. The first-order chi connectivity index (χ1) is 9.15. The largest absolute Gasteiger partial charge is 0.343 e. The molecule has 3 aromatic rings. The molecule has 19 heavy (non-hydrogen) atoms. The summed E-state index contributed by atoms with van der Waals surface area (Å²) in [5.41, 5.74) is 2.74. The third kappa shape index (κ3) is 2.12. The van der Waals surface area contributed by atoms with Crippen molar-refractivity contribution >= 4 is 10.9 Å². The molecule has 3 rings (SSSR count). The second kappa shape index (κ2) is 4.50. The average molecular weight is 257 g/mol. The zero-order valence-electron chi connectivity index (χ0n) is 10.5. The molecular formula is C16H13F2N. The van der Waals surface area contributed by atoms with E-state index in [0.717, 1.165) is 17.0 Å². The van der Waals surface area contributed by atoms with Gasteiger partial charge in [0.2, 0.25) is 0 Å². The highest BCUT2D eigenvalue weighted by atomic mass is 19.1. The Morgan fingerprint density at radius 2 is 1.89 bits per heavy atom. The summed E-state index contributed by atoms with van der Waals surface area (Å²) in [6.07, 6.45) is 1.93. The number of fused-ring (bicyclic) bond motifs is 1. The van der Waals surface area contributed by atoms with Crippen LogP contribution in [0.15, 0.2) is 48.7 Å². The van der Waals surface area contributed by atoms with Crippen molar-refractivity contribution < 1.29 is 8.78 Å². The Morgan fingerprint density at radius 1 is 1.05 bits per heavy atom. The van der Waals surface area contributed by atoms with Crippen molar-refractivity contribution in [3.63, 3.8) is 0 Å². The van der Waals surface area contributed by atoms with E-state index in [1.807, 2.05) is 42.0 Å². The Labute approximate surface area is 110 Å². The van der Waals surface area contributed by atoms with Crippen LogP contribution in [0.2, 0.25) is 0 Å². The highest BCUT2D eigenvalue weighted by Crippen LogP contribution is 2.21. The number of aromatic nitrogens is 1. The van der Waals surface area contributed by atoms with E-state index in [-0.39, 0.29) is 0 Å². The summed E-state index contributed by atoms with van der Waals surface area (Å²) in [4.78, 5) is 0. The SMILES string of the molecule is Cc1cccc2c1ccn2Cc1ccc(F)cc1F. The average Bonchev–Trinajstić information content (AvgIpc) is 2.78. The molecule has 0 aliphatic heterocycles. The molecule has 3 heteroatoms. The first kappa shape index (κ1) is 11.9. The van der Waals surface area contributed by atoms with Crippen LogP contribution in [0.1, 0.15) is 11.1 Å². The summed E-state index contributed by atoms with van der Waals surface area (Å²) in [7, 11) is 0. The van der Waals surface area contributed by atoms with E-state index in [9.17, 15) is 8.78 Å². The van der Waals surface area contributed by atoms with Gasteiger partial charge in [-0.15, -0.1) is 0 Å². The maximum absolute atomic E-state index is 13.7. The Balaban J connectivity index is 2.04. The van der Waals surface area contributed by atoms with E-state index in [4.69, 9.17) is 0 Å². The molecule has 1 heterocycles. The van der Waals surface area contributed by atoms with E-state index >= 15 is 0 Å². The molecule has 0 atom stereocenters. The minimum Gasteiger partial charge on any atom is -0.343 e. The van der Waals surface area contributed by atoms with E-state index in [1.54, 1.807) is 0 Å². The minimum absolute atomic E-state index is 0.402. The van der Waals surface area contributed by atoms with Crippen LogP contribution in [0.5, 0.6) is 0 Å². The van der Waals surface area contributed by atoms with Crippen LogP contribution in [-0.2, 0) is 6.54 Å². The number of nitrogens with zero attached hydrogens (tertiary/aromatic N) is 1. The van der Waals surface area contributed by atoms with E-state index in [2.05, 4.69) is 0 Å². The van der Waals surface area contributed by atoms with Gasteiger partial charge in [0, 0.05) is 28.7 Å². The summed E-state index contributed by atoms with van der Waals surface area (Å²) in [6.45, 7) is 2.45. The Bertz CT molecular complexity index is 744. The molecule has 0 aliphatic carbocycles. The van der Waals surface area contributed by atoms with Gasteiger partial charge in [0.15, 0.2) is 0 Å². The van der Waals surface area contributed by atoms with Crippen LogP contribution in [0.25, 0.3) is 10.9 Å². The fourth-order valence-electron chi connectivity index (χ4n) is 2.35. The first-order valence-corrected chi connectivity index (χ1v) is 6.13. The summed E-state index contributed by atoms with van der Waals surface area (Å²) in [6, 6.07) is 11.8. The van der Waals surface area contributed by atoms with Gasteiger partial charge in [0.05, 0.1) is 6.54 Å². The molecule has 0 aliphatic rings. The second-order valence-corrected chi connectivity index (χ2v) is 4.69. The lowest BCUT2D eigenvalue weighted by molar-refractivity contribution is 0.567. The van der Waals surface area contributed by atoms with Gasteiger partial charge >= 0.3 is 0 Å². The molecule has 0 unspecified atom stereocenters. The molecule has 0 fully saturated rings. The topological polar surface area (TPSA) is 4.93 Å². The van der Waals surface area contributed by atoms with Crippen LogP contribution in [-0.4, -0.2) is 4.57 Å². The van der Waals surface area contributed by atoms with Crippen LogP contribution in [0.3, 0.4) is 0 Å². The van der Waals surface area contributed by atoms with Crippen molar-refractivity contribution in [3.05, 3.63) is 71.4 Å². The van der Waals surface area contributed by atoms with Gasteiger partial charge in [-0.1, -0.05) is 18.2 Å². The molecule has 1 nitrogen and oxygen atoms in total. The standard InChI is InChI=1S/C16H13F2N/c1-11-3-2-4-16-14(11)7-8-19(16)10-12-5-6-13(17)9-15(12)18/h2-9H,10H2,1H3. The maximum Gasteiger partial charge on any atom is 0.131 e. The van der Waals surface area contributed by atoms with Crippen LogP contribution < -0.4 is 0 Å². The molecule has 2 aromatic carbocycles. The van der Waals surface area contributed by atoms with Crippen LogP contribution in [0.4, 0.5) is 8.78 Å². The summed E-state index contributed by atoms with van der Waals surface area (Å²) < 4.78 is 28.5. The van der Waals surface area contributed by atoms with Crippen molar-refractivity contribution in [2.75, 3.05) is 0 Å². The van der Waals surface area contributed by atoms with Crippen molar-refractivity contribution in [2.24, 2.45) is 0 Å². The van der Waals surface area contributed by atoms with Gasteiger partial charge in [-0.25, -0.2) is 8.78 Å². The number of halogens is 2. The highest BCUT2D eigenvalue weighted by molar-refractivity contribution is 5.83. The van der Waals surface area contributed by atoms with Gasteiger partial charge in [0.1, 0.15) is 11.6 Å². The monoisotopic (exact) mass is 257 g/mol. The van der Waals surface area contributed by atoms with Gasteiger partial charge < -0.3 is 4.57 Å². The predicted molar refractivity (Wildman–Crippen MR) is 72.1 cm³/mol. The molecule has 0 saturated carbocycles. The number of rotatable bonds is 2. The maximum atomic E-state index is 13.7. The van der Waals surface area contributed by atoms with Gasteiger partial charge in [-0.3, -0.25) is 0 Å². The first-order valence-electron chi connectivity index (χ1n) is 6.13. The predicted octanol–water partition coefficient (Wildman–Crippen LogP) is 4.28. The number of benzene rings is 2. The van der Waals surface area contributed by atoms with Crippen molar-refractivity contribution in [3.8, 4) is 0 Å².